The zero-order valence-corrected chi connectivity index (χ0v) is 25.0. The second-order valence-corrected chi connectivity index (χ2v) is 16.2. The van der Waals surface area contributed by atoms with E-state index in [0.717, 1.165) is 5.56 Å². The molecule has 1 unspecified atom stereocenters. The first-order valence-corrected chi connectivity index (χ1v) is 15.2. The van der Waals surface area contributed by atoms with Crippen molar-refractivity contribution in [1.29, 1.82) is 0 Å². The number of ether oxygens (including phenoxy) is 1. The predicted molar refractivity (Wildman–Crippen MR) is 156 cm³/mol. The Kier molecular flexibility index (Phi) is 8.39. The first-order chi connectivity index (χ1) is 18.4. The van der Waals surface area contributed by atoms with Crippen LogP contribution in [0.1, 0.15) is 63.6 Å². The van der Waals surface area contributed by atoms with Crippen LogP contribution in [0.2, 0.25) is 10.2 Å². The smallest absolute Gasteiger partial charge is 0.361 e. The van der Waals surface area contributed by atoms with Crippen molar-refractivity contribution >= 4 is 36.3 Å². The second kappa shape index (κ2) is 11.4. The highest BCUT2D eigenvalue weighted by Gasteiger charge is 2.50. The Balaban J connectivity index is 1.78. The Labute approximate surface area is 236 Å². The molecule has 7 nitrogen and oxygen atoms in total. The number of esters is 1. The average Bonchev–Trinajstić information content (AvgIpc) is 3.37. The minimum absolute atomic E-state index is 0.127. The third-order valence-electron chi connectivity index (χ3n) is 6.45. The first-order valence-electron chi connectivity index (χ1n) is 12.9. The molecule has 0 saturated carbocycles. The summed E-state index contributed by atoms with van der Waals surface area (Å²) in [5.41, 5.74) is 0.313. The average molecular weight is 563 g/mol. The zero-order valence-electron chi connectivity index (χ0n) is 23.3. The Morgan fingerprint density at radius 3 is 2.00 bits per heavy atom. The Morgan fingerprint density at radius 2 is 1.51 bits per heavy atom. The highest BCUT2D eigenvalue weighted by atomic mass is 35.5. The molecule has 0 aliphatic heterocycles. The van der Waals surface area contributed by atoms with Crippen LogP contribution in [0.3, 0.4) is 0 Å². The van der Waals surface area contributed by atoms with Gasteiger partial charge in [0.15, 0.2) is 5.69 Å². The van der Waals surface area contributed by atoms with Gasteiger partial charge >= 0.3 is 5.97 Å². The molecule has 0 amide bonds. The van der Waals surface area contributed by atoms with E-state index in [1.54, 1.807) is 23.1 Å². The highest BCUT2D eigenvalue weighted by Crippen LogP contribution is 2.37. The summed E-state index contributed by atoms with van der Waals surface area (Å²) < 4.78 is 14.3. The van der Waals surface area contributed by atoms with Gasteiger partial charge in [-0.2, -0.15) is 0 Å². The summed E-state index contributed by atoms with van der Waals surface area (Å²) >= 11 is 6.11. The maximum absolute atomic E-state index is 12.7. The van der Waals surface area contributed by atoms with E-state index in [1.165, 1.54) is 10.4 Å². The van der Waals surface area contributed by atoms with Crippen LogP contribution < -0.4 is 10.4 Å². The van der Waals surface area contributed by atoms with Crippen molar-refractivity contribution < 1.29 is 14.0 Å². The summed E-state index contributed by atoms with van der Waals surface area (Å²) in [5, 5.41) is 11.0. The molecule has 0 fully saturated rings. The molecule has 4 aromatic rings. The monoisotopic (exact) mass is 562 g/mol. The Bertz CT molecular complexity index is 1340. The normalized spacial score (nSPS) is 13.2. The third kappa shape index (κ3) is 6.46. The van der Waals surface area contributed by atoms with Gasteiger partial charge < -0.3 is 9.16 Å². The zero-order chi connectivity index (χ0) is 28.3. The maximum atomic E-state index is 12.7. The van der Waals surface area contributed by atoms with Crippen molar-refractivity contribution in [3.63, 3.8) is 0 Å². The minimum Gasteiger partial charge on any atom is -0.455 e. The number of nitrogens with zero attached hydrogens (tertiary/aromatic N) is 4. The number of rotatable bonds is 8. The van der Waals surface area contributed by atoms with E-state index in [9.17, 15) is 4.79 Å². The predicted octanol–water partition coefficient (Wildman–Crippen LogP) is 5.45. The summed E-state index contributed by atoms with van der Waals surface area (Å²) in [5.74, 6) is -0.533. The van der Waals surface area contributed by atoms with E-state index in [0.29, 0.717) is 5.15 Å². The molecule has 2 aromatic carbocycles. The van der Waals surface area contributed by atoms with Gasteiger partial charge in [-0.1, -0.05) is 104 Å². The van der Waals surface area contributed by atoms with Crippen LogP contribution in [-0.4, -0.2) is 46.5 Å². The van der Waals surface area contributed by atoms with Crippen molar-refractivity contribution in [3.8, 4) is 0 Å². The number of pyridine rings is 1. The van der Waals surface area contributed by atoms with Crippen molar-refractivity contribution in [2.75, 3.05) is 6.61 Å². The van der Waals surface area contributed by atoms with Crippen LogP contribution in [0, 0.1) is 0 Å². The molecule has 204 valence electrons. The number of hydrogen-bond acceptors (Lipinski definition) is 6. The van der Waals surface area contributed by atoms with E-state index >= 15 is 0 Å². The first kappa shape index (κ1) is 28.7. The number of aromatic nitrogens is 4. The van der Waals surface area contributed by atoms with Crippen LogP contribution in [-0.2, 0) is 9.16 Å². The summed E-state index contributed by atoms with van der Waals surface area (Å²) in [6.45, 7) is 12.4. The van der Waals surface area contributed by atoms with Crippen LogP contribution in [0.15, 0.2) is 85.2 Å². The fourth-order valence-electron chi connectivity index (χ4n) is 4.73. The second-order valence-electron chi connectivity index (χ2n) is 11.5. The SMILES string of the molecule is CC(C)(C)OC(=O)c1cn(C(CO[Si](c2ccccc2)(c2ccccc2)C(C)(C)C)c2ccc(Cl)nc2)nn1. The molecule has 0 spiro atoms. The van der Waals surface area contributed by atoms with Gasteiger partial charge in [0.05, 0.1) is 12.8 Å². The fraction of sp³-hybridized carbons (Fsp3) is 0.333. The van der Waals surface area contributed by atoms with Crippen molar-refractivity contribution in [1.82, 2.24) is 20.0 Å². The van der Waals surface area contributed by atoms with E-state index in [-0.39, 0.29) is 17.3 Å². The lowest BCUT2D eigenvalue weighted by Crippen LogP contribution is -2.67. The lowest BCUT2D eigenvalue weighted by Gasteiger charge is -2.43. The standard InChI is InChI=1S/C30H35ClN4O3Si/c1-29(2,3)38-28(36)25-20-35(34-33-25)26(22-17-18-27(31)32-19-22)21-37-39(30(4,5)6,23-13-9-7-10-14-23)24-15-11-8-12-16-24/h7-20,26H,21H2,1-6H3. The Morgan fingerprint density at radius 1 is 0.923 bits per heavy atom. The van der Waals surface area contributed by atoms with E-state index < -0.39 is 25.9 Å². The summed E-state index contributed by atoms with van der Waals surface area (Å²) in [7, 11) is -2.84. The lowest BCUT2D eigenvalue weighted by molar-refractivity contribution is 0.00626. The number of carbonyl (C=O) groups is 1. The van der Waals surface area contributed by atoms with Gasteiger partial charge in [-0.15, -0.1) is 5.10 Å². The van der Waals surface area contributed by atoms with Crippen LogP contribution in [0.4, 0.5) is 0 Å². The summed E-state index contributed by atoms with van der Waals surface area (Å²) in [6, 6.07) is 24.1. The molecule has 1 atom stereocenters. The quantitative estimate of drug-likeness (QED) is 0.161. The van der Waals surface area contributed by atoms with Gasteiger partial charge in [-0.25, -0.2) is 14.5 Å². The minimum atomic E-state index is -2.84. The van der Waals surface area contributed by atoms with Gasteiger partial charge in [0.1, 0.15) is 16.8 Å². The molecule has 39 heavy (non-hydrogen) atoms. The highest BCUT2D eigenvalue weighted by molar-refractivity contribution is 6.99. The van der Waals surface area contributed by atoms with Gasteiger partial charge in [0, 0.05) is 6.20 Å². The molecule has 2 heterocycles. The van der Waals surface area contributed by atoms with E-state index in [2.05, 4.69) is 84.6 Å². The number of benzene rings is 2. The Hall–Kier alpha value is -3.33. The molecule has 0 radical (unpaired) electrons. The van der Waals surface area contributed by atoms with Crippen molar-refractivity contribution in [2.45, 2.75) is 58.2 Å². The van der Waals surface area contributed by atoms with Crippen LogP contribution in [0.5, 0.6) is 0 Å². The molecule has 4 rings (SSSR count). The number of halogens is 1. The van der Waals surface area contributed by atoms with E-state index in [1.807, 2.05) is 39.0 Å². The molecule has 0 aliphatic rings. The molecular formula is C30H35ClN4O3Si. The topological polar surface area (TPSA) is 79.1 Å². The lowest BCUT2D eigenvalue weighted by atomic mass is 10.1. The fourth-order valence-corrected chi connectivity index (χ4v) is 9.40. The van der Waals surface area contributed by atoms with Crippen LogP contribution >= 0.6 is 11.6 Å². The van der Waals surface area contributed by atoms with Crippen LogP contribution in [0.25, 0.3) is 0 Å². The van der Waals surface area contributed by atoms with Gasteiger partial charge in [-0.05, 0) is 47.8 Å². The number of carbonyl (C=O) groups excluding carboxylic acids is 1. The molecule has 2 aromatic heterocycles. The molecule has 0 N–H and O–H groups in total. The largest absolute Gasteiger partial charge is 0.455 e. The van der Waals surface area contributed by atoms with Gasteiger partial charge in [0.2, 0.25) is 0 Å². The summed E-state index contributed by atoms with van der Waals surface area (Å²) in [4.78, 5) is 17.0. The van der Waals surface area contributed by atoms with Crippen molar-refractivity contribution in [2.24, 2.45) is 0 Å². The maximum Gasteiger partial charge on any atom is 0.361 e. The van der Waals surface area contributed by atoms with Gasteiger partial charge in [0.25, 0.3) is 8.32 Å². The molecule has 0 saturated heterocycles. The van der Waals surface area contributed by atoms with Crippen molar-refractivity contribution in [3.05, 3.63) is 102 Å². The molecule has 0 bridgehead atoms. The van der Waals surface area contributed by atoms with E-state index in [4.69, 9.17) is 20.8 Å². The number of hydrogen-bond donors (Lipinski definition) is 0. The summed E-state index contributed by atoms with van der Waals surface area (Å²) in [6.07, 6.45) is 3.30. The molecular weight excluding hydrogens is 528 g/mol. The van der Waals surface area contributed by atoms with Gasteiger partial charge in [-0.3, -0.25) is 0 Å². The molecule has 0 aliphatic carbocycles. The third-order valence-corrected chi connectivity index (χ3v) is 11.7. The molecule has 9 heteroatoms.